The molecule has 0 atom stereocenters. The number of ether oxygens (including phenoxy) is 3. The Labute approximate surface area is 135 Å². The fourth-order valence-corrected chi connectivity index (χ4v) is 2.94. The Kier molecular flexibility index (Phi) is 6.20. The number of amides is 1. The summed E-state index contributed by atoms with van der Waals surface area (Å²) < 4.78 is 42.2. The zero-order valence-electron chi connectivity index (χ0n) is 12.8. The van der Waals surface area contributed by atoms with Crippen molar-refractivity contribution in [1.82, 2.24) is 10.0 Å². The fourth-order valence-electron chi connectivity index (χ4n) is 1.94. The lowest BCUT2D eigenvalue weighted by atomic mass is 10.3. The van der Waals surface area contributed by atoms with Gasteiger partial charge in [-0.1, -0.05) is 0 Å². The smallest absolute Gasteiger partial charge is 0.241 e. The first-order valence-electron chi connectivity index (χ1n) is 7.18. The number of hydrogen-bond acceptors (Lipinski definition) is 6. The van der Waals surface area contributed by atoms with E-state index in [4.69, 9.17) is 14.2 Å². The fraction of sp³-hybridized carbons (Fsp3) is 0.500. The summed E-state index contributed by atoms with van der Waals surface area (Å²) in [5, 5.41) is 2.60. The van der Waals surface area contributed by atoms with Crippen molar-refractivity contribution < 1.29 is 27.4 Å². The van der Waals surface area contributed by atoms with Crippen molar-refractivity contribution >= 4 is 15.9 Å². The number of nitrogens with one attached hydrogen (secondary N) is 2. The van der Waals surface area contributed by atoms with Crippen LogP contribution in [0.1, 0.15) is 6.42 Å². The van der Waals surface area contributed by atoms with Crippen LogP contribution < -0.4 is 19.5 Å². The van der Waals surface area contributed by atoms with Gasteiger partial charge in [0.05, 0.1) is 11.4 Å². The second-order valence-corrected chi connectivity index (χ2v) is 6.59. The van der Waals surface area contributed by atoms with Crippen molar-refractivity contribution in [1.29, 1.82) is 0 Å². The molecular weight excluding hydrogens is 324 g/mol. The van der Waals surface area contributed by atoms with E-state index in [0.717, 1.165) is 0 Å². The highest BCUT2D eigenvalue weighted by atomic mass is 32.2. The van der Waals surface area contributed by atoms with E-state index in [9.17, 15) is 13.2 Å². The molecule has 8 nitrogen and oxygen atoms in total. The van der Waals surface area contributed by atoms with Crippen LogP contribution in [0.5, 0.6) is 11.5 Å². The van der Waals surface area contributed by atoms with Crippen LogP contribution in [-0.4, -0.2) is 54.3 Å². The van der Waals surface area contributed by atoms with Gasteiger partial charge in [-0.3, -0.25) is 4.79 Å². The molecule has 9 heteroatoms. The van der Waals surface area contributed by atoms with Crippen molar-refractivity contribution in [3.8, 4) is 11.5 Å². The number of rotatable bonds is 8. The van der Waals surface area contributed by atoms with Crippen LogP contribution in [0.25, 0.3) is 0 Å². The Morgan fingerprint density at radius 3 is 2.74 bits per heavy atom. The van der Waals surface area contributed by atoms with Crippen LogP contribution in [0, 0.1) is 0 Å². The molecule has 23 heavy (non-hydrogen) atoms. The predicted molar refractivity (Wildman–Crippen MR) is 82.1 cm³/mol. The summed E-state index contributed by atoms with van der Waals surface area (Å²) in [5.41, 5.74) is 0. The van der Waals surface area contributed by atoms with E-state index in [1.807, 2.05) is 0 Å². The second kappa shape index (κ2) is 8.14. The van der Waals surface area contributed by atoms with Crippen molar-refractivity contribution in [3.63, 3.8) is 0 Å². The topological polar surface area (TPSA) is 103 Å². The van der Waals surface area contributed by atoms with Crippen molar-refractivity contribution in [2.45, 2.75) is 11.3 Å². The minimum atomic E-state index is -3.80. The van der Waals surface area contributed by atoms with Gasteiger partial charge < -0.3 is 19.5 Å². The van der Waals surface area contributed by atoms with E-state index in [0.29, 0.717) is 44.3 Å². The summed E-state index contributed by atoms with van der Waals surface area (Å²) in [6, 6.07) is 4.33. The number of sulfonamides is 1. The van der Waals surface area contributed by atoms with Crippen LogP contribution in [0.15, 0.2) is 23.1 Å². The number of carbonyl (C=O) groups is 1. The molecule has 0 saturated heterocycles. The third-order valence-corrected chi connectivity index (χ3v) is 4.49. The predicted octanol–water partition coefficient (Wildman–Crippen LogP) is -0.111. The van der Waals surface area contributed by atoms with Gasteiger partial charge in [0.1, 0.15) is 13.2 Å². The number of benzene rings is 1. The number of carbonyl (C=O) groups excluding carboxylic acids is 1. The first-order chi connectivity index (χ1) is 11.0. The first kappa shape index (κ1) is 17.5. The zero-order chi connectivity index (χ0) is 16.7. The van der Waals surface area contributed by atoms with Crippen molar-refractivity contribution in [3.05, 3.63) is 18.2 Å². The highest BCUT2D eigenvalue weighted by Crippen LogP contribution is 2.32. The number of methoxy groups -OCH3 is 1. The molecule has 0 aromatic heterocycles. The minimum Gasteiger partial charge on any atom is -0.486 e. The summed E-state index contributed by atoms with van der Waals surface area (Å²) >= 11 is 0. The molecule has 2 rings (SSSR count). The summed E-state index contributed by atoms with van der Waals surface area (Å²) in [5.74, 6) is 0.483. The summed E-state index contributed by atoms with van der Waals surface area (Å²) in [7, 11) is -2.22. The molecule has 1 amide bonds. The van der Waals surface area contributed by atoms with Gasteiger partial charge in [-0.2, -0.15) is 0 Å². The lowest BCUT2D eigenvalue weighted by Gasteiger charge is -2.18. The Hall–Kier alpha value is -1.84. The Bertz CT molecular complexity index is 647. The third kappa shape index (κ3) is 5.08. The van der Waals surface area contributed by atoms with E-state index in [2.05, 4.69) is 10.0 Å². The molecule has 0 radical (unpaired) electrons. The maximum Gasteiger partial charge on any atom is 0.241 e. The molecule has 0 saturated carbocycles. The Morgan fingerprint density at radius 1 is 1.26 bits per heavy atom. The van der Waals surface area contributed by atoms with E-state index >= 15 is 0 Å². The maximum atomic E-state index is 12.2. The standard InChI is InChI=1S/C14H20N2O6S/c1-20-6-2-5-15-14(17)10-16-23(18,19)11-3-4-12-13(9-11)22-8-7-21-12/h3-4,9,16H,2,5-8,10H2,1H3,(H,15,17). The van der Waals surface area contributed by atoms with Gasteiger partial charge in [-0.05, 0) is 18.6 Å². The quantitative estimate of drug-likeness (QED) is 0.638. The molecule has 2 N–H and O–H groups in total. The maximum absolute atomic E-state index is 12.2. The molecule has 1 aromatic rings. The van der Waals surface area contributed by atoms with Gasteiger partial charge >= 0.3 is 0 Å². The lowest BCUT2D eigenvalue weighted by Crippen LogP contribution is -2.37. The van der Waals surface area contributed by atoms with Crippen LogP contribution >= 0.6 is 0 Å². The average molecular weight is 344 g/mol. The molecule has 0 spiro atoms. The molecule has 1 aliphatic rings. The molecule has 0 unspecified atom stereocenters. The van der Waals surface area contributed by atoms with Gasteiger partial charge in [-0.15, -0.1) is 0 Å². The molecule has 1 aliphatic heterocycles. The minimum absolute atomic E-state index is 0.0222. The molecule has 0 bridgehead atoms. The van der Waals surface area contributed by atoms with E-state index in [1.54, 1.807) is 7.11 Å². The van der Waals surface area contributed by atoms with Gasteiger partial charge in [0.2, 0.25) is 15.9 Å². The second-order valence-electron chi connectivity index (χ2n) is 4.83. The van der Waals surface area contributed by atoms with Crippen molar-refractivity contribution in [2.24, 2.45) is 0 Å². The molecule has 1 aromatic carbocycles. The van der Waals surface area contributed by atoms with Gasteiger partial charge in [0.15, 0.2) is 11.5 Å². The van der Waals surface area contributed by atoms with Crippen molar-refractivity contribution in [2.75, 3.05) is 40.0 Å². The van der Waals surface area contributed by atoms with E-state index in [-0.39, 0.29) is 11.4 Å². The monoisotopic (exact) mass is 344 g/mol. The zero-order valence-corrected chi connectivity index (χ0v) is 13.6. The van der Waals surface area contributed by atoms with Gasteiger partial charge in [0.25, 0.3) is 0 Å². The molecule has 128 valence electrons. The highest BCUT2D eigenvalue weighted by Gasteiger charge is 2.19. The molecule has 0 aliphatic carbocycles. The molecule has 1 heterocycles. The van der Waals surface area contributed by atoms with Gasteiger partial charge in [-0.25, -0.2) is 13.1 Å². The average Bonchev–Trinajstić information content (AvgIpc) is 2.56. The summed E-state index contributed by atoms with van der Waals surface area (Å²) in [4.78, 5) is 11.6. The van der Waals surface area contributed by atoms with E-state index in [1.165, 1.54) is 18.2 Å². The van der Waals surface area contributed by atoms with Gasteiger partial charge in [0, 0.05) is 26.3 Å². The third-order valence-electron chi connectivity index (χ3n) is 3.09. The Balaban J connectivity index is 1.90. The number of fused-ring (bicyclic) bond motifs is 1. The Morgan fingerprint density at radius 2 is 2.00 bits per heavy atom. The van der Waals surface area contributed by atoms with Crippen LogP contribution in [0.2, 0.25) is 0 Å². The van der Waals surface area contributed by atoms with Crippen LogP contribution in [0.4, 0.5) is 0 Å². The molecule has 0 fully saturated rings. The highest BCUT2D eigenvalue weighted by molar-refractivity contribution is 7.89. The summed E-state index contributed by atoms with van der Waals surface area (Å²) in [6.45, 7) is 1.43. The molecular formula is C14H20N2O6S. The van der Waals surface area contributed by atoms with E-state index < -0.39 is 15.9 Å². The largest absolute Gasteiger partial charge is 0.486 e. The number of hydrogen-bond donors (Lipinski definition) is 2. The van der Waals surface area contributed by atoms with Crippen LogP contribution in [-0.2, 0) is 19.6 Å². The van der Waals surface area contributed by atoms with Crippen LogP contribution in [0.3, 0.4) is 0 Å². The first-order valence-corrected chi connectivity index (χ1v) is 8.66. The summed E-state index contributed by atoms with van der Waals surface area (Å²) in [6.07, 6.45) is 0.664. The normalized spacial score (nSPS) is 13.6. The SMILES string of the molecule is COCCCNC(=O)CNS(=O)(=O)c1ccc2c(c1)OCCO2. The lowest BCUT2D eigenvalue weighted by molar-refractivity contribution is -0.120.